The van der Waals surface area contributed by atoms with Crippen LogP contribution in [0.1, 0.15) is 36.2 Å². The smallest absolute Gasteiger partial charge is 0.322 e. The molecule has 0 saturated heterocycles. The van der Waals surface area contributed by atoms with Gasteiger partial charge in [0.1, 0.15) is 0 Å². The molecule has 2 aromatic carbocycles. The van der Waals surface area contributed by atoms with Gasteiger partial charge in [0.05, 0.1) is 6.04 Å². The molecule has 1 aliphatic heterocycles. The summed E-state index contributed by atoms with van der Waals surface area (Å²) in [7, 11) is 0. The molecule has 2 heterocycles. The van der Waals surface area contributed by atoms with E-state index in [1.165, 1.54) is 16.6 Å². The molecule has 1 aliphatic rings. The molecule has 25 heavy (non-hydrogen) atoms. The molecule has 128 valence electrons. The number of hydrogen-bond acceptors (Lipinski definition) is 1. The van der Waals surface area contributed by atoms with E-state index in [0.29, 0.717) is 0 Å². The molecule has 0 bridgehead atoms. The maximum atomic E-state index is 12.9. The van der Waals surface area contributed by atoms with Gasteiger partial charge in [-0.25, -0.2) is 4.79 Å². The summed E-state index contributed by atoms with van der Waals surface area (Å²) in [5.74, 6) is 0. The second-order valence-corrected chi connectivity index (χ2v) is 6.73. The average Bonchev–Trinajstić information content (AvgIpc) is 2.99. The van der Waals surface area contributed by atoms with Crippen LogP contribution in [0.15, 0.2) is 48.5 Å². The quantitative estimate of drug-likeness (QED) is 0.680. The van der Waals surface area contributed by atoms with Gasteiger partial charge in [0.2, 0.25) is 0 Å². The zero-order chi connectivity index (χ0) is 17.4. The van der Waals surface area contributed by atoms with E-state index >= 15 is 0 Å². The zero-order valence-corrected chi connectivity index (χ0v) is 14.7. The Morgan fingerprint density at radius 3 is 2.88 bits per heavy atom. The molecule has 4 nitrogen and oxygen atoms in total. The van der Waals surface area contributed by atoms with E-state index in [1.54, 1.807) is 0 Å². The number of rotatable bonds is 2. The lowest BCUT2D eigenvalue weighted by Crippen LogP contribution is -2.42. The topological polar surface area (TPSA) is 48.1 Å². The number of nitrogens with zero attached hydrogens (tertiary/aromatic N) is 1. The molecule has 1 atom stereocenters. The van der Waals surface area contributed by atoms with Crippen LogP contribution in [-0.2, 0) is 6.42 Å². The van der Waals surface area contributed by atoms with Crippen molar-refractivity contribution in [1.82, 2.24) is 9.88 Å². The first-order valence-corrected chi connectivity index (χ1v) is 8.91. The SMILES string of the molecule is CC[C@@H]1c2[nH]c3ccccc3c2CCN1C(=O)Nc1cccc(C)c1. The van der Waals surface area contributed by atoms with Crippen LogP contribution < -0.4 is 5.32 Å². The summed E-state index contributed by atoms with van der Waals surface area (Å²) in [5.41, 5.74) is 5.70. The highest BCUT2D eigenvalue weighted by atomic mass is 16.2. The number of carbonyl (C=O) groups is 1. The minimum Gasteiger partial charge on any atom is -0.356 e. The number of aromatic amines is 1. The fourth-order valence-corrected chi connectivity index (χ4v) is 3.90. The summed E-state index contributed by atoms with van der Waals surface area (Å²) in [4.78, 5) is 18.4. The number of carbonyl (C=O) groups excluding carboxylic acids is 1. The Morgan fingerprint density at radius 2 is 2.08 bits per heavy atom. The van der Waals surface area contributed by atoms with E-state index in [1.807, 2.05) is 42.2 Å². The van der Waals surface area contributed by atoms with E-state index in [0.717, 1.165) is 36.2 Å². The minimum atomic E-state index is -0.0262. The second-order valence-electron chi connectivity index (χ2n) is 6.73. The van der Waals surface area contributed by atoms with Gasteiger partial charge in [0.25, 0.3) is 0 Å². The van der Waals surface area contributed by atoms with Crippen molar-refractivity contribution in [1.29, 1.82) is 0 Å². The Balaban J connectivity index is 1.64. The van der Waals surface area contributed by atoms with Crippen molar-refractivity contribution >= 4 is 22.6 Å². The van der Waals surface area contributed by atoms with Gasteiger partial charge < -0.3 is 15.2 Å². The third kappa shape index (κ3) is 2.78. The fourth-order valence-electron chi connectivity index (χ4n) is 3.90. The van der Waals surface area contributed by atoms with Crippen molar-refractivity contribution in [2.24, 2.45) is 0 Å². The van der Waals surface area contributed by atoms with E-state index < -0.39 is 0 Å². The molecular formula is C21H23N3O. The molecule has 0 saturated carbocycles. The first-order valence-electron chi connectivity index (χ1n) is 8.91. The summed E-state index contributed by atoms with van der Waals surface area (Å²) in [6.07, 6.45) is 1.78. The normalized spacial score (nSPS) is 16.7. The Kier molecular flexibility index (Phi) is 3.96. The Morgan fingerprint density at radius 1 is 1.24 bits per heavy atom. The van der Waals surface area contributed by atoms with Gasteiger partial charge in [-0.15, -0.1) is 0 Å². The van der Waals surface area contributed by atoms with E-state index in [4.69, 9.17) is 0 Å². The third-order valence-corrected chi connectivity index (χ3v) is 5.08. The zero-order valence-electron chi connectivity index (χ0n) is 14.7. The van der Waals surface area contributed by atoms with Crippen LogP contribution in [0, 0.1) is 6.92 Å². The maximum Gasteiger partial charge on any atom is 0.322 e. The highest BCUT2D eigenvalue weighted by Gasteiger charge is 2.32. The summed E-state index contributed by atoms with van der Waals surface area (Å²) >= 11 is 0. The molecule has 0 radical (unpaired) electrons. The molecule has 0 spiro atoms. The molecule has 4 heteroatoms. The Hall–Kier alpha value is -2.75. The van der Waals surface area contributed by atoms with Crippen molar-refractivity contribution in [3.8, 4) is 0 Å². The van der Waals surface area contributed by atoms with E-state index in [-0.39, 0.29) is 12.1 Å². The summed E-state index contributed by atoms with van der Waals surface area (Å²) in [5, 5.41) is 4.34. The first kappa shape index (κ1) is 15.8. The predicted molar refractivity (Wildman–Crippen MR) is 102 cm³/mol. The maximum absolute atomic E-state index is 12.9. The van der Waals surface area contributed by atoms with Crippen LogP contribution >= 0.6 is 0 Å². The average molecular weight is 333 g/mol. The van der Waals surface area contributed by atoms with Crippen LogP contribution in [0.2, 0.25) is 0 Å². The largest absolute Gasteiger partial charge is 0.356 e. The minimum absolute atomic E-state index is 0.0262. The number of amides is 2. The van der Waals surface area contributed by atoms with Gasteiger partial charge >= 0.3 is 6.03 Å². The number of para-hydroxylation sites is 1. The third-order valence-electron chi connectivity index (χ3n) is 5.08. The number of aryl methyl sites for hydroxylation is 1. The summed E-state index contributed by atoms with van der Waals surface area (Å²) < 4.78 is 0. The molecule has 0 unspecified atom stereocenters. The lowest BCUT2D eigenvalue weighted by Gasteiger charge is -2.35. The van der Waals surface area contributed by atoms with E-state index in [9.17, 15) is 4.79 Å². The van der Waals surface area contributed by atoms with Gasteiger partial charge in [-0.1, -0.05) is 37.3 Å². The molecule has 0 aliphatic carbocycles. The van der Waals surface area contributed by atoms with Crippen molar-refractivity contribution in [2.75, 3.05) is 11.9 Å². The molecule has 1 aromatic heterocycles. The summed E-state index contributed by atoms with van der Waals surface area (Å²) in [6.45, 7) is 4.91. The van der Waals surface area contributed by atoms with Gasteiger partial charge in [-0.05, 0) is 49.1 Å². The van der Waals surface area contributed by atoms with Crippen LogP contribution in [0.25, 0.3) is 10.9 Å². The predicted octanol–water partition coefficient (Wildman–Crippen LogP) is 5.02. The number of fused-ring (bicyclic) bond motifs is 3. The molecule has 0 fully saturated rings. The molecule has 3 aromatic rings. The van der Waals surface area contributed by atoms with Gasteiger partial charge in [-0.3, -0.25) is 0 Å². The number of hydrogen-bond donors (Lipinski definition) is 2. The number of urea groups is 1. The fraction of sp³-hybridized carbons (Fsp3) is 0.286. The number of aromatic nitrogens is 1. The number of nitrogens with one attached hydrogen (secondary N) is 2. The molecule has 4 rings (SSSR count). The van der Waals surface area contributed by atoms with Crippen molar-refractivity contribution < 1.29 is 4.79 Å². The van der Waals surface area contributed by atoms with Gasteiger partial charge in [-0.2, -0.15) is 0 Å². The molecule has 2 N–H and O–H groups in total. The highest BCUT2D eigenvalue weighted by molar-refractivity contribution is 5.91. The monoisotopic (exact) mass is 333 g/mol. The number of H-pyrrole nitrogens is 1. The molecular weight excluding hydrogens is 310 g/mol. The number of anilines is 1. The lowest BCUT2D eigenvalue weighted by molar-refractivity contribution is 0.179. The first-order chi connectivity index (χ1) is 12.2. The second kappa shape index (κ2) is 6.28. The van der Waals surface area contributed by atoms with Crippen LogP contribution in [0.4, 0.5) is 10.5 Å². The van der Waals surface area contributed by atoms with Crippen LogP contribution in [0.5, 0.6) is 0 Å². The molecule has 2 amide bonds. The summed E-state index contributed by atoms with van der Waals surface area (Å²) in [6, 6.07) is 16.4. The van der Waals surface area contributed by atoms with Crippen molar-refractivity contribution in [2.45, 2.75) is 32.7 Å². The van der Waals surface area contributed by atoms with Gasteiger partial charge in [0.15, 0.2) is 0 Å². The standard InChI is InChI=1S/C21H23N3O/c1-3-19-20-17(16-9-4-5-10-18(16)23-20)11-12-24(19)21(25)22-15-8-6-7-14(2)13-15/h4-10,13,19,23H,3,11-12H2,1-2H3,(H,22,25)/t19-/m1/s1. The lowest BCUT2D eigenvalue weighted by atomic mass is 9.96. The Labute approximate surface area is 147 Å². The van der Waals surface area contributed by atoms with Crippen molar-refractivity contribution in [3.05, 3.63) is 65.4 Å². The highest BCUT2D eigenvalue weighted by Crippen LogP contribution is 2.36. The van der Waals surface area contributed by atoms with Crippen LogP contribution in [0.3, 0.4) is 0 Å². The Bertz CT molecular complexity index is 928. The van der Waals surface area contributed by atoms with Crippen LogP contribution in [-0.4, -0.2) is 22.5 Å². The number of benzene rings is 2. The van der Waals surface area contributed by atoms with Gasteiger partial charge in [0, 0.05) is 28.8 Å². The van der Waals surface area contributed by atoms with E-state index in [2.05, 4.69) is 35.4 Å². The van der Waals surface area contributed by atoms with Crippen molar-refractivity contribution in [3.63, 3.8) is 0 Å².